The summed E-state index contributed by atoms with van der Waals surface area (Å²) >= 11 is 3.25. The summed E-state index contributed by atoms with van der Waals surface area (Å²) in [6, 6.07) is 6.87. The van der Waals surface area contributed by atoms with Crippen LogP contribution in [0.25, 0.3) is 5.76 Å². The van der Waals surface area contributed by atoms with Gasteiger partial charge in [-0.2, -0.15) is 0 Å². The van der Waals surface area contributed by atoms with Crippen molar-refractivity contribution in [1.29, 1.82) is 0 Å². The van der Waals surface area contributed by atoms with E-state index in [-0.39, 0.29) is 17.9 Å². The first-order valence-corrected chi connectivity index (χ1v) is 5.29. The Morgan fingerprint density at radius 2 is 2.00 bits per heavy atom. The molecule has 0 amide bonds. The normalized spacial score (nSPS) is 18.6. The summed E-state index contributed by atoms with van der Waals surface area (Å²) in [5, 5.41) is 9.89. The molecule has 0 atom stereocenters. The van der Waals surface area contributed by atoms with Crippen LogP contribution in [-0.2, 0) is 14.3 Å². The number of carbonyl (C=O) groups excluding carboxylic acids is 2. The molecular formula is C11H7BrO4. The van der Waals surface area contributed by atoms with Crippen molar-refractivity contribution in [2.24, 2.45) is 0 Å². The first-order chi connectivity index (χ1) is 7.61. The number of halogens is 1. The summed E-state index contributed by atoms with van der Waals surface area (Å²) < 4.78 is 5.18. The van der Waals surface area contributed by atoms with E-state index in [9.17, 15) is 14.7 Å². The molecule has 82 valence electrons. The second kappa shape index (κ2) is 4.09. The Kier molecular flexibility index (Phi) is 2.78. The number of ether oxygens (including phenoxy) is 1. The minimum absolute atomic E-state index is 0.00287. The van der Waals surface area contributed by atoms with E-state index in [1.807, 2.05) is 0 Å². The molecule has 0 aromatic heterocycles. The number of aliphatic hydroxyl groups excluding tert-OH is 1. The van der Waals surface area contributed by atoms with Crippen LogP contribution in [-0.4, -0.2) is 23.5 Å². The zero-order valence-electron chi connectivity index (χ0n) is 8.07. The summed E-state index contributed by atoms with van der Waals surface area (Å²) in [5.74, 6) is -1.93. The number of esters is 1. The SMILES string of the molecule is O=C1OC/C(=C(/O)c2ccccc2Br)C1=O. The smallest absolute Gasteiger partial charge is 0.379 e. The number of benzene rings is 1. The summed E-state index contributed by atoms with van der Waals surface area (Å²) in [6.45, 7) is -0.176. The molecule has 1 aliphatic heterocycles. The van der Waals surface area contributed by atoms with E-state index in [2.05, 4.69) is 20.7 Å². The van der Waals surface area contributed by atoms with Crippen molar-refractivity contribution in [3.63, 3.8) is 0 Å². The highest BCUT2D eigenvalue weighted by Gasteiger charge is 2.32. The third-order valence-corrected chi connectivity index (χ3v) is 2.91. The maximum atomic E-state index is 11.3. The van der Waals surface area contributed by atoms with Gasteiger partial charge < -0.3 is 9.84 Å². The van der Waals surface area contributed by atoms with Gasteiger partial charge in [0.2, 0.25) is 0 Å². The first-order valence-electron chi connectivity index (χ1n) is 4.49. The van der Waals surface area contributed by atoms with E-state index < -0.39 is 11.8 Å². The van der Waals surface area contributed by atoms with Gasteiger partial charge in [0.15, 0.2) is 0 Å². The van der Waals surface area contributed by atoms with E-state index in [1.165, 1.54) is 0 Å². The summed E-state index contributed by atoms with van der Waals surface area (Å²) in [5.41, 5.74) is 0.459. The molecule has 0 radical (unpaired) electrons. The van der Waals surface area contributed by atoms with Gasteiger partial charge in [0.25, 0.3) is 5.78 Å². The van der Waals surface area contributed by atoms with Gasteiger partial charge in [0, 0.05) is 10.0 Å². The molecule has 1 fully saturated rings. The van der Waals surface area contributed by atoms with Gasteiger partial charge in [-0.15, -0.1) is 0 Å². The quantitative estimate of drug-likeness (QED) is 0.370. The Hall–Kier alpha value is -1.62. The molecule has 1 heterocycles. The fourth-order valence-electron chi connectivity index (χ4n) is 1.38. The van der Waals surface area contributed by atoms with Crippen LogP contribution in [0.5, 0.6) is 0 Å². The van der Waals surface area contributed by atoms with Crippen molar-refractivity contribution in [3.05, 3.63) is 39.9 Å². The Morgan fingerprint density at radius 1 is 1.31 bits per heavy atom. The minimum Gasteiger partial charge on any atom is -0.507 e. The molecule has 0 saturated carbocycles. The van der Waals surface area contributed by atoms with Crippen molar-refractivity contribution in [1.82, 2.24) is 0 Å². The number of cyclic esters (lactones) is 1. The Labute approximate surface area is 99.7 Å². The Bertz CT molecular complexity index is 504. The van der Waals surface area contributed by atoms with Gasteiger partial charge in [-0.05, 0) is 6.07 Å². The predicted molar refractivity (Wildman–Crippen MR) is 59.7 cm³/mol. The van der Waals surface area contributed by atoms with Crippen LogP contribution in [0, 0.1) is 0 Å². The average Bonchev–Trinajstić information content (AvgIpc) is 2.60. The lowest BCUT2D eigenvalue weighted by molar-refractivity contribution is -0.146. The molecule has 0 spiro atoms. The zero-order valence-corrected chi connectivity index (χ0v) is 9.65. The van der Waals surface area contributed by atoms with E-state index >= 15 is 0 Å². The van der Waals surface area contributed by atoms with Crippen molar-refractivity contribution < 1.29 is 19.4 Å². The van der Waals surface area contributed by atoms with Gasteiger partial charge in [0.1, 0.15) is 12.4 Å². The second-order valence-electron chi connectivity index (χ2n) is 3.21. The molecule has 1 aromatic rings. The molecule has 2 rings (SSSR count). The number of Topliss-reactive ketones (excluding diaryl/α,β-unsaturated/α-hetero) is 1. The lowest BCUT2D eigenvalue weighted by Gasteiger charge is -2.04. The summed E-state index contributed by atoms with van der Waals surface area (Å²) in [6.07, 6.45) is 0. The third-order valence-electron chi connectivity index (χ3n) is 2.22. The monoisotopic (exact) mass is 282 g/mol. The Morgan fingerprint density at radius 3 is 2.56 bits per heavy atom. The topological polar surface area (TPSA) is 63.6 Å². The predicted octanol–water partition coefficient (Wildman–Crippen LogP) is 1.84. The lowest BCUT2D eigenvalue weighted by atomic mass is 10.1. The molecule has 1 saturated heterocycles. The van der Waals surface area contributed by atoms with E-state index in [0.717, 1.165) is 0 Å². The van der Waals surface area contributed by atoms with Crippen LogP contribution in [0.4, 0.5) is 0 Å². The van der Waals surface area contributed by atoms with Crippen molar-refractivity contribution in [2.45, 2.75) is 0 Å². The molecule has 0 bridgehead atoms. The van der Waals surface area contributed by atoms with Crippen LogP contribution < -0.4 is 0 Å². The number of hydrogen-bond acceptors (Lipinski definition) is 4. The number of ketones is 1. The summed E-state index contributed by atoms with van der Waals surface area (Å²) in [7, 11) is 0. The highest BCUT2D eigenvalue weighted by molar-refractivity contribution is 9.10. The molecule has 1 aliphatic rings. The zero-order chi connectivity index (χ0) is 11.7. The highest BCUT2D eigenvalue weighted by Crippen LogP contribution is 2.26. The van der Waals surface area contributed by atoms with Gasteiger partial charge in [-0.1, -0.05) is 34.1 Å². The Balaban J connectivity index is 2.50. The number of rotatable bonds is 1. The fraction of sp³-hybridized carbons (Fsp3) is 0.0909. The van der Waals surface area contributed by atoms with Crippen molar-refractivity contribution in [2.75, 3.05) is 6.61 Å². The molecule has 1 N–H and O–H groups in total. The van der Waals surface area contributed by atoms with E-state index in [0.29, 0.717) is 10.0 Å². The van der Waals surface area contributed by atoms with Gasteiger partial charge in [0.05, 0.1) is 5.57 Å². The molecule has 0 aliphatic carbocycles. The van der Waals surface area contributed by atoms with E-state index in [1.54, 1.807) is 24.3 Å². The molecule has 16 heavy (non-hydrogen) atoms. The van der Waals surface area contributed by atoms with Gasteiger partial charge in [-0.3, -0.25) is 4.79 Å². The van der Waals surface area contributed by atoms with Crippen LogP contribution in [0.15, 0.2) is 34.3 Å². The fourth-order valence-corrected chi connectivity index (χ4v) is 1.86. The molecule has 0 unspecified atom stereocenters. The van der Waals surface area contributed by atoms with Crippen molar-refractivity contribution >= 4 is 33.4 Å². The first kappa shape index (κ1) is 10.9. The van der Waals surface area contributed by atoms with Gasteiger partial charge in [-0.25, -0.2) is 4.79 Å². The number of hydrogen-bond donors (Lipinski definition) is 1. The second-order valence-corrected chi connectivity index (χ2v) is 4.07. The maximum absolute atomic E-state index is 11.3. The molecular weight excluding hydrogens is 276 g/mol. The molecule has 4 nitrogen and oxygen atoms in total. The highest BCUT2D eigenvalue weighted by atomic mass is 79.9. The van der Waals surface area contributed by atoms with E-state index in [4.69, 9.17) is 0 Å². The van der Waals surface area contributed by atoms with Crippen LogP contribution in [0.1, 0.15) is 5.56 Å². The number of aliphatic hydroxyl groups is 1. The third kappa shape index (κ3) is 1.74. The molecule has 1 aromatic carbocycles. The van der Waals surface area contributed by atoms with Crippen LogP contribution in [0.3, 0.4) is 0 Å². The molecule has 5 heteroatoms. The average molecular weight is 283 g/mol. The largest absolute Gasteiger partial charge is 0.507 e. The summed E-state index contributed by atoms with van der Waals surface area (Å²) in [4.78, 5) is 22.2. The maximum Gasteiger partial charge on any atom is 0.379 e. The van der Waals surface area contributed by atoms with Crippen LogP contribution >= 0.6 is 15.9 Å². The minimum atomic E-state index is -0.923. The lowest BCUT2D eigenvalue weighted by Crippen LogP contribution is -2.08. The van der Waals surface area contributed by atoms with Crippen molar-refractivity contribution in [3.8, 4) is 0 Å². The van der Waals surface area contributed by atoms with Gasteiger partial charge >= 0.3 is 5.97 Å². The van der Waals surface area contributed by atoms with Crippen LogP contribution in [0.2, 0.25) is 0 Å². The number of carbonyl (C=O) groups is 2. The standard InChI is InChI=1S/C11H7BrO4/c12-8-4-2-1-3-6(8)9(13)7-5-16-11(15)10(7)14/h1-4,13H,5H2/b9-7-.